The van der Waals surface area contributed by atoms with E-state index in [1.54, 1.807) is 29.4 Å². The van der Waals surface area contributed by atoms with Crippen LogP contribution in [-0.4, -0.2) is 28.9 Å². The number of carbonyl (C=O) groups excluding carboxylic acids is 1. The number of methoxy groups -OCH3 is 1. The molecule has 0 aromatic carbocycles. The van der Waals surface area contributed by atoms with Crippen molar-refractivity contribution in [3.8, 4) is 5.95 Å². The first kappa shape index (κ1) is 15.1. The van der Waals surface area contributed by atoms with Crippen LogP contribution < -0.4 is 4.74 Å². The second-order valence-electron chi connectivity index (χ2n) is 4.87. The van der Waals surface area contributed by atoms with Gasteiger partial charge in [-0.2, -0.15) is 0 Å². The number of nitrogens with zero attached hydrogens (tertiary/aromatic N) is 2. The lowest BCUT2D eigenvalue weighted by molar-refractivity contribution is 0.0632. The molecule has 5 heteroatoms. The van der Waals surface area contributed by atoms with Gasteiger partial charge in [0, 0.05) is 31.0 Å². The zero-order chi connectivity index (χ0) is 15.2. The van der Waals surface area contributed by atoms with E-state index in [-0.39, 0.29) is 17.7 Å². The van der Waals surface area contributed by atoms with Crippen LogP contribution in [0.3, 0.4) is 0 Å². The summed E-state index contributed by atoms with van der Waals surface area (Å²) in [5.74, 6) is 0.483. The van der Waals surface area contributed by atoms with Crippen LogP contribution in [-0.2, 0) is 6.54 Å². The van der Waals surface area contributed by atoms with E-state index in [1.807, 2.05) is 19.1 Å². The molecule has 0 unspecified atom stereocenters. The maximum atomic E-state index is 12.6. The Kier molecular flexibility index (Phi) is 4.98. The van der Waals surface area contributed by atoms with Crippen molar-refractivity contribution in [3.63, 3.8) is 0 Å². The van der Waals surface area contributed by atoms with Gasteiger partial charge in [0.05, 0.1) is 7.11 Å². The lowest BCUT2D eigenvalue weighted by Gasteiger charge is -2.27. The molecule has 0 radical (unpaired) electrons. The molecule has 0 saturated heterocycles. The maximum absolute atomic E-state index is 12.6. The molecule has 112 valence electrons. The molecule has 0 saturated carbocycles. The monoisotopic (exact) mass is 288 g/mol. The molecule has 0 aliphatic rings. The molecule has 1 atom stereocenters. The Morgan fingerprint density at radius 2 is 2.24 bits per heavy atom. The first-order valence-corrected chi connectivity index (χ1v) is 6.99. The summed E-state index contributed by atoms with van der Waals surface area (Å²) >= 11 is 0. The van der Waals surface area contributed by atoms with Gasteiger partial charge in [0.2, 0.25) is 0 Å². The molecule has 1 amide bonds. The quantitative estimate of drug-likeness (QED) is 0.819. The van der Waals surface area contributed by atoms with Crippen molar-refractivity contribution in [1.82, 2.24) is 9.88 Å². The number of ether oxygens (including phenoxy) is 1. The number of aromatic nitrogens is 1. The Morgan fingerprint density at radius 1 is 1.43 bits per heavy atom. The summed E-state index contributed by atoms with van der Waals surface area (Å²) in [4.78, 5) is 18.5. The van der Waals surface area contributed by atoms with Crippen molar-refractivity contribution in [2.24, 2.45) is 0 Å². The molecule has 0 bridgehead atoms. The van der Waals surface area contributed by atoms with Gasteiger partial charge in [0.25, 0.3) is 11.9 Å². The Bertz CT molecular complexity index is 580. The maximum Gasteiger partial charge on any atom is 0.290 e. The van der Waals surface area contributed by atoms with E-state index in [0.29, 0.717) is 12.5 Å². The van der Waals surface area contributed by atoms with Crippen molar-refractivity contribution in [1.29, 1.82) is 0 Å². The van der Waals surface area contributed by atoms with Gasteiger partial charge >= 0.3 is 0 Å². The smallest absolute Gasteiger partial charge is 0.290 e. The molecule has 0 aliphatic carbocycles. The minimum Gasteiger partial charge on any atom is -0.468 e. The van der Waals surface area contributed by atoms with E-state index < -0.39 is 0 Å². The molecule has 21 heavy (non-hydrogen) atoms. The van der Waals surface area contributed by atoms with Crippen LogP contribution in [0.25, 0.3) is 0 Å². The molecule has 5 nitrogen and oxygen atoms in total. The van der Waals surface area contributed by atoms with E-state index in [2.05, 4.69) is 11.9 Å². The first-order chi connectivity index (χ1) is 10.2. The van der Waals surface area contributed by atoms with Crippen LogP contribution in [0.15, 0.2) is 41.1 Å². The largest absolute Gasteiger partial charge is 0.468 e. The average Bonchev–Trinajstić information content (AvgIpc) is 3.01. The van der Waals surface area contributed by atoms with Gasteiger partial charge in [-0.05, 0) is 31.0 Å². The fraction of sp³-hybridized carbons (Fsp3) is 0.375. The second-order valence-corrected chi connectivity index (χ2v) is 4.87. The molecule has 2 aromatic heterocycles. The van der Waals surface area contributed by atoms with Crippen molar-refractivity contribution >= 4 is 5.91 Å². The summed E-state index contributed by atoms with van der Waals surface area (Å²) in [5, 5.41) is 0. The van der Waals surface area contributed by atoms with E-state index in [9.17, 15) is 4.79 Å². The van der Waals surface area contributed by atoms with Gasteiger partial charge in [0.15, 0.2) is 5.76 Å². The van der Waals surface area contributed by atoms with Gasteiger partial charge in [0.1, 0.15) is 0 Å². The standard InChI is InChI=1S/C16H20N2O3/c1-4-12(2)18(11-13-6-5-9-17-10-13)16(19)14-7-8-15(20-3)21-14/h5-10,12H,4,11H2,1-3H3/t12-/m0/s1. The SMILES string of the molecule is CC[C@H](C)N(Cc1cccnc1)C(=O)c1ccc(OC)o1. The molecule has 0 spiro atoms. The Labute approximate surface area is 124 Å². The van der Waals surface area contributed by atoms with Gasteiger partial charge in [-0.25, -0.2) is 0 Å². The van der Waals surface area contributed by atoms with Gasteiger partial charge in [-0.1, -0.05) is 13.0 Å². The van der Waals surface area contributed by atoms with Crippen molar-refractivity contribution in [3.05, 3.63) is 48.0 Å². The zero-order valence-corrected chi connectivity index (χ0v) is 12.6. The third-order valence-corrected chi connectivity index (χ3v) is 3.45. The highest BCUT2D eigenvalue weighted by atomic mass is 16.6. The highest BCUT2D eigenvalue weighted by Crippen LogP contribution is 2.20. The molecule has 0 N–H and O–H groups in total. The average molecular weight is 288 g/mol. The Hall–Kier alpha value is -2.30. The number of rotatable bonds is 6. The lowest BCUT2D eigenvalue weighted by Crippen LogP contribution is -2.37. The number of pyridine rings is 1. The number of furan rings is 1. The fourth-order valence-corrected chi connectivity index (χ4v) is 2.02. The van der Waals surface area contributed by atoms with Crippen LogP contribution in [0.5, 0.6) is 5.95 Å². The molecular formula is C16H20N2O3. The Morgan fingerprint density at radius 3 is 2.81 bits per heavy atom. The Balaban J connectivity index is 2.21. The van der Waals surface area contributed by atoms with Crippen molar-refractivity contribution < 1.29 is 13.9 Å². The molecule has 2 rings (SSSR count). The van der Waals surface area contributed by atoms with Crippen LogP contribution in [0, 0.1) is 0 Å². The van der Waals surface area contributed by atoms with E-state index in [4.69, 9.17) is 9.15 Å². The predicted octanol–water partition coefficient (Wildman–Crippen LogP) is 3.12. The summed E-state index contributed by atoms with van der Waals surface area (Å²) < 4.78 is 10.4. The number of hydrogen-bond donors (Lipinski definition) is 0. The summed E-state index contributed by atoms with van der Waals surface area (Å²) in [7, 11) is 1.51. The fourth-order valence-electron chi connectivity index (χ4n) is 2.02. The van der Waals surface area contributed by atoms with Crippen LogP contribution in [0.2, 0.25) is 0 Å². The summed E-state index contributed by atoms with van der Waals surface area (Å²) in [5.41, 5.74) is 0.990. The van der Waals surface area contributed by atoms with E-state index in [1.165, 1.54) is 7.11 Å². The molecule has 2 aromatic rings. The normalized spacial score (nSPS) is 12.0. The van der Waals surface area contributed by atoms with E-state index in [0.717, 1.165) is 12.0 Å². The number of hydrogen-bond acceptors (Lipinski definition) is 4. The third kappa shape index (κ3) is 3.62. The first-order valence-electron chi connectivity index (χ1n) is 6.99. The van der Waals surface area contributed by atoms with Crippen molar-refractivity contribution in [2.75, 3.05) is 7.11 Å². The van der Waals surface area contributed by atoms with Gasteiger partial charge in [-0.15, -0.1) is 0 Å². The van der Waals surface area contributed by atoms with Gasteiger partial charge in [-0.3, -0.25) is 9.78 Å². The molecule has 2 heterocycles. The number of amides is 1. The van der Waals surface area contributed by atoms with Crippen LogP contribution in [0.4, 0.5) is 0 Å². The lowest BCUT2D eigenvalue weighted by atomic mass is 10.1. The summed E-state index contributed by atoms with van der Waals surface area (Å²) in [6.45, 7) is 4.58. The topological polar surface area (TPSA) is 55.6 Å². The molecular weight excluding hydrogens is 268 g/mol. The molecule has 0 fully saturated rings. The highest BCUT2D eigenvalue weighted by Gasteiger charge is 2.23. The van der Waals surface area contributed by atoms with Crippen molar-refractivity contribution in [2.45, 2.75) is 32.9 Å². The highest BCUT2D eigenvalue weighted by molar-refractivity contribution is 5.91. The second kappa shape index (κ2) is 6.92. The molecule has 0 aliphatic heterocycles. The summed E-state index contributed by atoms with van der Waals surface area (Å²) in [6, 6.07) is 7.21. The minimum absolute atomic E-state index is 0.105. The number of carbonyl (C=O) groups is 1. The summed E-state index contributed by atoms with van der Waals surface area (Å²) in [6.07, 6.45) is 4.35. The zero-order valence-electron chi connectivity index (χ0n) is 12.6. The van der Waals surface area contributed by atoms with Crippen LogP contribution >= 0.6 is 0 Å². The van der Waals surface area contributed by atoms with Crippen LogP contribution in [0.1, 0.15) is 36.4 Å². The van der Waals surface area contributed by atoms with E-state index >= 15 is 0 Å². The third-order valence-electron chi connectivity index (χ3n) is 3.45. The minimum atomic E-state index is -0.142. The predicted molar refractivity (Wildman–Crippen MR) is 79.1 cm³/mol. The van der Waals surface area contributed by atoms with Gasteiger partial charge < -0.3 is 14.1 Å².